The van der Waals surface area contributed by atoms with Gasteiger partial charge in [0.25, 0.3) is 5.91 Å². The smallest absolute Gasteiger partial charge is 0.254 e. The normalized spacial score (nSPS) is 10.6. The number of hydrogen-bond acceptors (Lipinski definition) is 3. The van der Waals surface area contributed by atoms with Gasteiger partial charge in [-0.2, -0.15) is 0 Å². The fraction of sp³-hybridized carbons (Fsp3) is 0.533. The van der Waals surface area contributed by atoms with E-state index in [0.717, 1.165) is 18.5 Å². The summed E-state index contributed by atoms with van der Waals surface area (Å²) in [5.74, 6) is -0.00889. The van der Waals surface area contributed by atoms with Gasteiger partial charge in [0.15, 0.2) is 0 Å². The molecule has 1 amide bonds. The lowest BCUT2D eigenvalue weighted by molar-refractivity contribution is 0.0622. The van der Waals surface area contributed by atoms with E-state index in [1.54, 1.807) is 4.90 Å². The first-order valence-corrected chi connectivity index (χ1v) is 6.87. The number of aliphatic hydroxyl groups excluding tert-OH is 1. The first kappa shape index (κ1) is 15.5. The lowest BCUT2D eigenvalue weighted by Crippen LogP contribution is -2.41. The standard InChI is InChI=1S/C15H24N2O2/c1-4-14(5-2)17(10-11-18)15(19)12-6-8-13(16-3)9-7-12/h6-9,14,16,18H,4-5,10-11H2,1-3H3. The molecular weight excluding hydrogens is 240 g/mol. The zero-order valence-corrected chi connectivity index (χ0v) is 12.0. The van der Waals surface area contributed by atoms with Crippen LogP contribution in [0.2, 0.25) is 0 Å². The minimum atomic E-state index is -0.00889. The molecule has 19 heavy (non-hydrogen) atoms. The number of carbonyl (C=O) groups is 1. The average molecular weight is 264 g/mol. The number of aliphatic hydroxyl groups is 1. The molecule has 0 aromatic heterocycles. The van der Waals surface area contributed by atoms with Crippen LogP contribution in [0.3, 0.4) is 0 Å². The molecule has 0 saturated carbocycles. The Bertz CT molecular complexity index is 386. The highest BCUT2D eigenvalue weighted by molar-refractivity contribution is 5.94. The fourth-order valence-electron chi connectivity index (χ4n) is 2.23. The summed E-state index contributed by atoms with van der Waals surface area (Å²) in [6.07, 6.45) is 1.80. The molecule has 1 aromatic rings. The molecule has 0 aliphatic carbocycles. The minimum absolute atomic E-state index is 0.00314. The van der Waals surface area contributed by atoms with Crippen LogP contribution in [0.5, 0.6) is 0 Å². The Hall–Kier alpha value is -1.55. The summed E-state index contributed by atoms with van der Waals surface area (Å²) in [6, 6.07) is 7.60. The second-order valence-electron chi connectivity index (χ2n) is 4.52. The molecule has 0 atom stereocenters. The molecule has 0 heterocycles. The predicted octanol–water partition coefficient (Wildman–Crippen LogP) is 2.35. The quantitative estimate of drug-likeness (QED) is 0.795. The molecule has 1 rings (SSSR count). The van der Waals surface area contributed by atoms with Crippen molar-refractivity contribution in [2.75, 3.05) is 25.5 Å². The Balaban J connectivity index is 2.91. The first-order chi connectivity index (χ1) is 9.17. The van der Waals surface area contributed by atoms with Crippen LogP contribution in [-0.2, 0) is 0 Å². The predicted molar refractivity (Wildman–Crippen MR) is 78.5 cm³/mol. The monoisotopic (exact) mass is 264 g/mol. The van der Waals surface area contributed by atoms with E-state index in [2.05, 4.69) is 19.2 Å². The van der Waals surface area contributed by atoms with E-state index >= 15 is 0 Å². The molecule has 0 saturated heterocycles. The number of benzene rings is 1. The van der Waals surface area contributed by atoms with Crippen molar-refractivity contribution in [1.82, 2.24) is 4.90 Å². The van der Waals surface area contributed by atoms with Crippen LogP contribution in [0.4, 0.5) is 5.69 Å². The van der Waals surface area contributed by atoms with E-state index in [-0.39, 0.29) is 18.6 Å². The van der Waals surface area contributed by atoms with E-state index in [1.807, 2.05) is 31.3 Å². The number of amides is 1. The molecule has 4 nitrogen and oxygen atoms in total. The molecule has 106 valence electrons. The third-order valence-corrected chi connectivity index (χ3v) is 3.41. The topological polar surface area (TPSA) is 52.6 Å². The third kappa shape index (κ3) is 3.96. The maximum Gasteiger partial charge on any atom is 0.254 e. The van der Waals surface area contributed by atoms with Crippen molar-refractivity contribution in [3.8, 4) is 0 Å². The van der Waals surface area contributed by atoms with Crippen LogP contribution in [-0.4, -0.2) is 42.2 Å². The van der Waals surface area contributed by atoms with Crippen LogP contribution in [0, 0.1) is 0 Å². The molecule has 0 unspecified atom stereocenters. The Morgan fingerprint density at radius 3 is 2.26 bits per heavy atom. The van der Waals surface area contributed by atoms with E-state index in [4.69, 9.17) is 5.11 Å². The van der Waals surface area contributed by atoms with Gasteiger partial charge in [0.2, 0.25) is 0 Å². The van der Waals surface area contributed by atoms with E-state index in [0.29, 0.717) is 12.1 Å². The Morgan fingerprint density at radius 2 is 1.84 bits per heavy atom. The van der Waals surface area contributed by atoms with Crippen molar-refractivity contribution in [2.45, 2.75) is 32.7 Å². The lowest BCUT2D eigenvalue weighted by atomic mass is 10.1. The summed E-state index contributed by atoms with van der Waals surface area (Å²) in [7, 11) is 1.85. The number of carbonyl (C=O) groups excluding carboxylic acids is 1. The van der Waals surface area contributed by atoms with E-state index in [9.17, 15) is 4.79 Å². The second-order valence-corrected chi connectivity index (χ2v) is 4.52. The van der Waals surface area contributed by atoms with Gasteiger partial charge in [-0.25, -0.2) is 0 Å². The highest BCUT2D eigenvalue weighted by Gasteiger charge is 2.21. The van der Waals surface area contributed by atoms with Crippen molar-refractivity contribution in [3.05, 3.63) is 29.8 Å². The van der Waals surface area contributed by atoms with Crippen molar-refractivity contribution >= 4 is 11.6 Å². The van der Waals surface area contributed by atoms with Gasteiger partial charge in [0.1, 0.15) is 0 Å². The summed E-state index contributed by atoms with van der Waals surface area (Å²) in [5.41, 5.74) is 1.65. The fourth-order valence-corrected chi connectivity index (χ4v) is 2.23. The molecular formula is C15H24N2O2. The lowest BCUT2D eigenvalue weighted by Gasteiger charge is -2.30. The van der Waals surface area contributed by atoms with Crippen LogP contribution < -0.4 is 5.32 Å². The summed E-state index contributed by atoms with van der Waals surface area (Å²) in [5, 5.41) is 12.2. The van der Waals surface area contributed by atoms with E-state index < -0.39 is 0 Å². The second kappa shape index (κ2) is 7.79. The van der Waals surface area contributed by atoms with Gasteiger partial charge in [0, 0.05) is 30.9 Å². The van der Waals surface area contributed by atoms with Gasteiger partial charge in [0.05, 0.1) is 6.61 Å². The van der Waals surface area contributed by atoms with Gasteiger partial charge in [-0.3, -0.25) is 4.79 Å². The Labute approximate surface area is 115 Å². The van der Waals surface area contributed by atoms with Crippen LogP contribution in [0.25, 0.3) is 0 Å². The van der Waals surface area contributed by atoms with Gasteiger partial charge >= 0.3 is 0 Å². The maximum atomic E-state index is 12.5. The summed E-state index contributed by atoms with van der Waals surface area (Å²) >= 11 is 0. The van der Waals surface area contributed by atoms with Crippen LogP contribution in [0.1, 0.15) is 37.0 Å². The number of anilines is 1. The first-order valence-electron chi connectivity index (χ1n) is 6.87. The Kier molecular flexibility index (Phi) is 6.36. The van der Waals surface area contributed by atoms with Crippen molar-refractivity contribution in [3.63, 3.8) is 0 Å². The van der Waals surface area contributed by atoms with Gasteiger partial charge < -0.3 is 15.3 Å². The molecule has 0 radical (unpaired) electrons. The molecule has 0 aliphatic heterocycles. The van der Waals surface area contributed by atoms with Crippen molar-refractivity contribution in [2.24, 2.45) is 0 Å². The van der Waals surface area contributed by atoms with Crippen LogP contribution in [0.15, 0.2) is 24.3 Å². The summed E-state index contributed by atoms with van der Waals surface area (Å²) < 4.78 is 0. The molecule has 0 aliphatic rings. The molecule has 1 aromatic carbocycles. The van der Waals surface area contributed by atoms with Crippen LogP contribution >= 0.6 is 0 Å². The zero-order chi connectivity index (χ0) is 14.3. The summed E-state index contributed by atoms with van der Waals surface area (Å²) in [4.78, 5) is 14.3. The number of rotatable bonds is 7. The molecule has 0 bridgehead atoms. The number of nitrogens with zero attached hydrogens (tertiary/aromatic N) is 1. The van der Waals surface area contributed by atoms with Gasteiger partial charge in [-0.1, -0.05) is 13.8 Å². The van der Waals surface area contributed by atoms with E-state index in [1.165, 1.54) is 0 Å². The number of hydrogen-bond donors (Lipinski definition) is 2. The van der Waals surface area contributed by atoms with Gasteiger partial charge in [-0.15, -0.1) is 0 Å². The highest BCUT2D eigenvalue weighted by Crippen LogP contribution is 2.15. The SMILES string of the molecule is CCC(CC)N(CCO)C(=O)c1ccc(NC)cc1. The Morgan fingerprint density at radius 1 is 1.26 bits per heavy atom. The molecule has 0 fully saturated rings. The largest absolute Gasteiger partial charge is 0.395 e. The third-order valence-electron chi connectivity index (χ3n) is 3.41. The maximum absolute atomic E-state index is 12.5. The molecule has 4 heteroatoms. The highest BCUT2D eigenvalue weighted by atomic mass is 16.3. The van der Waals surface area contributed by atoms with Crippen molar-refractivity contribution in [1.29, 1.82) is 0 Å². The molecule has 2 N–H and O–H groups in total. The summed E-state index contributed by atoms with van der Waals surface area (Å²) in [6.45, 7) is 4.52. The minimum Gasteiger partial charge on any atom is -0.395 e. The molecule has 0 spiro atoms. The van der Waals surface area contributed by atoms with Crippen molar-refractivity contribution < 1.29 is 9.90 Å². The zero-order valence-electron chi connectivity index (χ0n) is 12.0. The number of nitrogens with one attached hydrogen (secondary N) is 1. The van der Waals surface area contributed by atoms with Gasteiger partial charge in [-0.05, 0) is 37.1 Å². The average Bonchev–Trinajstić information content (AvgIpc) is 2.47.